The number of hydrogen-bond acceptors (Lipinski definition) is 6. The number of rotatable bonds is 7. The largest absolute Gasteiger partial charge is 0.495 e. The van der Waals surface area contributed by atoms with E-state index in [-0.39, 0.29) is 24.0 Å². The highest BCUT2D eigenvalue weighted by molar-refractivity contribution is 7.09. The Balaban J connectivity index is 1.78. The van der Waals surface area contributed by atoms with Crippen LogP contribution in [-0.2, 0) is 6.42 Å². The highest BCUT2D eigenvalue weighted by Crippen LogP contribution is 2.38. The molecule has 1 atom stereocenters. The number of carbonyl (C=O) groups is 1. The van der Waals surface area contributed by atoms with Gasteiger partial charge in [0.1, 0.15) is 11.4 Å². The van der Waals surface area contributed by atoms with Crippen LogP contribution >= 0.6 is 11.3 Å². The summed E-state index contributed by atoms with van der Waals surface area (Å²) in [5, 5.41) is 15.5. The molecule has 1 fully saturated rings. The van der Waals surface area contributed by atoms with Gasteiger partial charge in [0, 0.05) is 11.6 Å². The van der Waals surface area contributed by atoms with Crippen molar-refractivity contribution < 1.29 is 14.6 Å². The first-order valence-electron chi connectivity index (χ1n) is 8.53. The summed E-state index contributed by atoms with van der Waals surface area (Å²) in [6.07, 6.45) is 6.30. The maximum absolute atomic E-state index is 12.6. The van der Waals surface area contributed by atoms with Crippen LogP contribution in [0.25, 0.3) is 0 Å². The van der Waals surface area contributed by atoms with Gasteiger partial charge in [-0.3, -0.25) is 9.78 Å². The first-order chi connectivity index (χ1) is 12.1. The predicted molar refractivity (Wildman–Crippen MR) is 95.8 cm³/mol. The van der Waals surface area contributed by atoms with E-state index >= 15 is 0 Å². The second-order valence-electron chi connectivity index (χ2n) is 6.37. The fourth-order valence-corrected chi connectivity index (χ4v) is 3.93. The van der Waals surface area contributed by atoms with E-state index in [4.69, 9.17) is 4.74 Å². The Hall–Kier alpha value is -1.99. The molecule has 0 aromatic carbocycles. The van der Waals surface area contributed by atoms with E-state index in [0.717, 1.165) is 23.4 Å². The third-order valence-electron chi connectivity index (χ3n) is 4.49. The smallest absolute Gasteiger partial charge is 0.271 e. The molecule has 134 valence electrons. The molecule has 2 heterocycles. The van der Waals surface area contributed by atoms with Crippen LogP contribution in [0.3, 0.4) is 0 Å². The Morgan fingerprint density at radius 3 is 2.96 bits per heavy atom. The highest BCUT2D eigenvalue weighted by atomic mass is 32.1. The van der Waals surface area contributed by atoms with Crippen molar-refractivity contribution in [3.05, 3.63) is 40.1 Å². The number of hydrogen-bond donors (Lipinski definition) is 2. The van der Waals surface area contributed by atoms with Crippen molar-refractivity contribution in [3.8, 4) is 5.75 Å². The lowest BCUT2D eigenvalue weighted by Gasteiger charge is -2.38. The summed E-state index contributed by atoms with van der Waals surface area (Å²) < 4.78 is 5.24. The SMILES string of the molecule is CCCc1nc(C(=O)NC(c2cncc(OC)c2)C2CC(O)C2)cs1. The van der Waals surface area contributed by atoms with E-state index in [1.165, 1.54) is 11.3 Å². The summed E-state index contributed by atoms with van der Waals surface area (Å²) >= 11 is 1.52. The van der Waals surface area contributed by atoms with Crippen LogP contribution in [0.15, 0.2) is 23.8 Å². The number of ether oxygens (including phenoxy) is 1. The number of aliphatic hydroxyl groups is 1. The lowest BCUT2D eigenvalue weighted by Crippen LogP contribution is -2.41. The Kier molecular flexibility index (Phi) is 5.65. The van der Waals surface area contributed by atoms with Gasteiger partial charge < -0.3 is 15.2 Å². The second-order valence-corrected chi connectivity index (χ2v) is 7.31. The fourth-order valence-electron chi connectivity index (χ4n) is 3.05. The zero-order valence-corrected chi connectivity index (χ0v) is 15.3. The van der Waals surface area contributed by atoms with Crippen LogP contribution in [0.4, 0.5) is 0 Å². The summed E-state index contributed by atoms with van der Waals surface area (Å²) in [5.74, 6) is 0.643. The van der Waals surface area contributed by atoms with E-state index in [1.807, 2.05) is 6.07 Å². The first-order valence-corrected chi connectivity index (χ1v) is 9.41. The number of carbonyl (C=O) groups excluding carboxylic acids is 1. The molecule has 1 aliphatic rings. The normalized spacial score (nSPS) is 20.6. The molecule has 1 saturated carbocycles. The third-order valence-corrected chi connectivity index (χ3v) is 5.39. The van der Waals surface area contributed by atoms with Crippen LogP contribution in [0.1, 0.15) is 53.3 Å². The summed E-state index contributed by atoms with van der Waals surface area (Å²) in [6.45, 7) is 2.09. The van der Waals surface area contributed by atoms with Crippen molar-refractivity contribution >= 4 is 17.2 Å². The monoisotopic (exact) mass is 361 g/mol. The number of nitrogens with one attached hydrogen (secondary N) is 1. The minimum absolute atomic E-state index is 0.182. The molecule has 3 rings (SSSR count). The van der Waals surface area contributed by atoms with Gasteiger partial charge in [0.2, 0.25) is 0 Å². The van der Waals surface area contributed by atoms with Crippen molar-refractivity contribution in [3.63, 3.8) is 0 Å². The minimum Gasteiger partial charge on any atom is -0.495 e. The molecular weight excluding hydrogens is 338 g/mol. The van der Waals surface area contributed by atoms with E-state index in [0.29, 0.717) is 24.3 Å². The average molecular weight is 361 g/mol. The molecule has 0 saturated heterocycles. The van der Waals surface area contributed by atoms with E-state index in [2.05, 4.69) is 22.2 Å². The number of nitrogens with zero attached hydrogens (tertiary/aromatic N) is 2. The summed E-state index contributed by atoms with van der Waals surface area (Å²) in [4.78, 5) is 21.3. The molecule has 25 heavy (non-hydrogen) atoms. The topological polar surface area (TPSA) is 84.3 Å². The lowest BCUT2D eigenvalue weighted by atomic mass is 9.75. The minimum atomic E-state index is -0.293. The van der Waals surface area contributed by atoms with Gasteiger partial charge in [0.15, 0.2) is 0 Å². The molecule has 2 aromatic heterocycles. The number of methoxy groups -OCH3 is 1. The van der Waals surface area contributed by atoms with Crippen molar-refractivity contribution in [2.75, 3.05) is 7.11 Å². The molecular formula is C18H23N3O3S. The molecule has 7 heteroatoms. The molecule has 0 aliphatic heterocycles. The van der Waals surface area contributed by atoms with Crippen LogP contribution < -0.4 is 10.1 Å². The van der Waals surface area contributed by atoms with Gasteiger partial charge in [-0.15, -0.1) is 11.3 Å². The zero-order valence-electron chi connectivity index (χ0n) is 14.4. The molecule has 0 spiro atoms. The maximum Gasteiger partial charge on any atom is 0.271 e. The van der Waals surface area contributed by atoms with Crippen molar-refractivity contribution in [2.45, 2.75) is 44.8 Å². The molecule has 0 bridgehead atoms. The molecule has 6 nitrogen and oxygen atoms in total. The van der Waals surface area contributed by atoms with Crippen LogP contribution in [0.2, 0.25) is 0 Å². The number of aryl methyl sites for hydroxylation is 1. The van der Waals surface area contributed by atoms with Crippen LogP contribution in [0, 0.1) is 5.92 Å². The fraction of sp³-hybridized carbons (Fsp3) is 0.500. The van der Waals surface area contributed by atoms with E-state index in [1.54, 1.807) is 24.9 Å². The van der Waals surface area contributed by atoms with Gasteiger partial charge >= 0.3 is 0 Å². The number of amides is 1. The maximum atomic E-state index is 12.6. The van der Waals surface area contributed by atoms with E-state index in [9.17, 15) is 9.90 Å². The second kappa shape index (κ2) is 7.93. The quantitative estimate of drug-likeness (QED) is 0.792. The predicted octanol–water partition coefficient (Wildman–Crippen LogP) is 2.74. The number of aliphatic hydroxyl groups excluding tert-OH is 1. The summed E-state index contributed by atoms with van der Waals surface area (Å²) in [7, 11) is 1.59. The summed E-state index contributed by atoms with van der Waals surface area (Å²) in [5.41, 5.74) is 1.34. The van der Waals surface area contributed by atoms with Crippen LogP contribution in [-0.4, -0.2) is 34.2 Å². The van der Waals surface area contributed by atoms with Gasteiger partial charge in [-0.2, -0.15) is 0 Å². The number of thiazole rings is 1. The Morgan fingerprint density at radius 2 is 2.28 bits per heavy atom. The molecule has 2 aromatic rings. The van der Waals surface area contributed by atoms with E-state index < -0.39 is 0 Å². The lowest BCUT2D eigenvalue weighted by molar-refractivity contribution is 0.0234. The van der Waals surface area contributed by atoms with Gasteiger partial charge in [0.25, 0.3) is 5.91 Å². The van der Waals surface area contributed by atoms with Gasteiger partial charge in [-0.05, 0) is 43.2 Å². The highest BCUT2D eigenvalue weighted by Gasteiger charge is 2.36. The summed E-state index contributed by atoms with van der Waals surface area (Å²) in [6, 6.07) is 1.67. The van der Waals surface area contributed by atoms with Gasteiger partial charge in [-0.25, -0.2) is 4.98 Å². The standard InChI is InChI=1S/C18H23N3O3S/c1-3-4-16-20-15(10-25-16)18(23)21-17(11-5-13(22)6-11)12-7-14(24-2)9-19-8-12/h7-11,13,17,22H,3-6H2,1-2H3,(H,21,23). The number of aromatic nitrogens is 2. The first kappa shape index (κ1) is 17.8. The van der Waals surface area contributed by atoms with Gasteiger partial charge in [-0.1, -0.05) is 6.92 Å². The Morgan fingerprint density at radius 1 is 1.48 bits per heavy atom. The van der Waals surface area contributed by atoms with Crippen LogP contribution in [0.5, 0.6) is 5.75 Å². The molecule has 1 aliphatic carbocycles. The molecule has 1 unspecified atom stereocenters. The zero-order chi connectivity index (χ0) is 17.8. The van der Waals surface area contributed by atoms with Crippen molar-refractivity contribution in [1.29, 1.82) is 0 Å². The molecule has 1 amide bonds. The third kappa shape index (κ3) is 4.16. The van der Waals surface area contributed by atoms with Crippen molar-refractivity contribution in [1.82, 2.24) is 15.3 Å². The number of pyridine rings is 1. The Labute approximate surface area is 151 Å². The average Bonchev–Trinajstić information content (AvgIpc) is 3.06. The Bertz CT molecular complexity index is 728. The molecule has 2 N–H and O–H groups in total. The van der Waals surface area contributed by atoms with Gasteiger partial charge in [0.05, 0.1) is 30.5 Å². The van der Waals surface area contributed by atoms with Crippen molar-refractivity contribution in [2.24, 2.45) is 5.92 Å². The molecule has 0 radical (unpaired) electrons.